The number of hydrogen-bond donors (Lipinski definition) is 1. The van der Waals surface area contributed by atoms with Crippen LogP contribution in [0.3, 0.4) is 0 Å². The fraction of sp³-hybridized carbons (Fsp3) is 0.455. The van der Waals surface area contributed by atoms with Crippen molar-refractivity contribution in [3.63, 3.8) is 0 Å². The van der Waals surface area contributed by atoms with Gasteiger partial charge in [0.2, 0.25) is 0 Å². The van der Waals surface area contributed by atoms with Crippen LogP contribution in [0.2, 0.25) is 0 Å². The Morgan fingerprint density at radius 1 is 1.00 bits per heavy atom. The first kappa shape index (κ1) is 19.8. The summed E-state index contributed by atoms with van der Waals surface area (Å²) in [7, 11) is 0. The predicted molar refractivity (Wildman–Crippen MR) is 108 cm³/mol. The summed E-state index contributed by atoms with van der Waals surface area (Å²) in [6.07, 6.45) is 2.38. The molecule has 0 atom stereocenters. The molecule has 1 aliphatic heterocycles. The molecule has 1 N–H and O–H groups in total. The van der Waals surface area contributed by atoms with Crippen molar-refractivity contribution >= 4 is 12.4 Å². The minimum absolute atomic E-state index is 0. The van der Waals surface area contributed by atoms with Gasteiger partial charge in [0.25, 0.3) is 0 Å². The molecule has 0 amide bonds. The molecule has 25 heavy (non-hydrogen) atoms. The number of ether oxygens (including phenoxy) is 1. The second-order valence-electron chi connectivity index (χ2n) is 7.80. The van der Waals surface area contributed by atoms with Crippen molar-refractivity contribution in [2.45, 2.75) is 51.6 Å². The van der Waals surface area contributed by atoms with Gasteiger partial charge in [0.15, 0.2) is 0 Å². The third-order valence-electron chi connectivity index (χ3n) is 4.89. The van der Waals surface area contributed by atoms with E-state index in [9.17, 15) is 0 Å². The minimum Gasteiger partial charge on any atom is -0.489 e. The molecule has 136 valence electrons. The smallest absolute Gasteiger partial charge is 0.123 e. The van der Waals surface area contributed by atoms with Crippen LogP contribution in [0.5, 0.6) is 5.75 Å². The lowest BCUT2D eigenvalue weighted by Crippen LogP contribution is -2.27. The lowest BCUT2D eigenvalue weighted by Gasteiger charge is -2.28. The summed E-state index contributed by atoms with van der Waals surface area (Å²) in [4.78, 5) is 0. The first-order valence-corrected chi connectivity index (χ1v) is 9.06. The van der Waals surface area contributed by atoms with E-state index in [-0.39, 0.29) is 17.8 Å². The zero-order chi connectivity index (χ0) is 17.0. The first-order valence-electron chi connectivity index (χ1n) is 9.06. The monoisotopic (exact) mass is 359 g/mol. The second kappa shape index (κ2) is 8.73. The Morgan fingerprint density at radius 3 is 2.32 bits per heavy atom. The van der Waals surface area contributed by atoms with Crippen LogP contribution >= 0.6 is 12.4 Å². The van der Waals surface area contributed by atoms with Gasteiger partial charge >= 0.3 is 0 Å². The SMILES string of the molecule is CC(C)(C)c1ccc(OCc2ccccc2)c(C2CCNCC2)c1.Cl. The molecule has 1 aliphatic rings. The lowest BCUT2D eigenvalue weighted by atomic mass is 9.82. The molecule has 2 nitrogen and oxygen atoms in total. The molecule has 1 fully saturated rings. The molecule has 0 spiro atoms. The van der Waals surface area contributed by atoms with E-state index in [0.29, 0.717) is 12.5 Å². The molecule has 0 saturated carbocycles. The Morgan fingerprint density at radius 2 is 1.68 bits per heavy atom. The Hall–Kier alpha value is -1.51. The molecule has 0 unspecified atom stereocenters. The quantitative estimate of drug-likeness (QED) is 0.783. The second-order valence-corrected chi connectivity index (χ2v) is 7.80. The van der Waals surface area contributed by atoms with E-state index >= 15 is 0 Å². The summed E-state index contributed by atoms with van der Waals surface area (Å²) in [6, 6.07) is 17.2. The molecule has 0 bridgehead atoms. The molecule has 1 saturated heterocycles. The topological polar surface area (TPSA) is 21.3 Å². The average molecular weight is 360 g/mol. The van der Waals surface area contributed by atoms with E-state index in [1.807, 2.05) is 6.07 Å². The van der Waals surface area contributed by atoms with Crippen molar-refractivity contribution in [1.82, 2.24) is 5.32 Å². The molecular weight excluding hydrogens is 330 g/mol. The third-order valence-corrected chi connectivity index (χ3v) is 4.89. The van der Waals surface area contributed by atoms with Gasteiger partial charge in [0.05, 0.1) is 0 Å². The molecule has 2 aromatic carbocycles. The number of halogens is 1. The van der Waals surface area contributed by atoms with Gasteiger partial charge < -0.3 is 10.1 Å². The Kier molecular flexibility index (Phi) is 6.92. The normalized spacial score (nSPS) is 15.5. The van der Waals surface area contributed by atoms with Crippen molar-refractivity contribution in [3.8, 4) is 5.75 Å². The third kappa shape index (κ3) is 5.23. The molecule has 3 heteroatoms. The van der Waals surface area contributed by atoms with Crippen LogP contribution < -0.4 is 10.1 Å². The van der Waals surface area contributed by atoms with Crippen molar-refractivity contribution in [3.05, 3.63) is 65.2 Å². The first-order chi connectivity index (χ1) is 11.5. The number of rotatable bonds is 4. The fourth-order valence-corrected chi connectivity index (χ4v) is 3.33. The summed E-state index contributed by atoms with van der Waals surface area (Å²) < 4.78 is 6.22. The van der Waals surface area contributed by atoms with Crippen LogP contribution in [-0.4, -0.2) is 13.1 Å². The van der Waals surface area contributed by atoms with Crippen LogP contribution in [0.15, 0.2) is 48.5 Å². The molecule has 0 aromatic heterocycles. The van der Waals surface area contributed by atoms with Crippen molar-refractivity contribution in [1.29, 1.82) is 0 Å². The summed E-state index contributed by atoms with van der Waals surface area (Å²) >= 11 is 0. The Balaban J connectivity index is 0.00000225. The van der Waals surface area contributed by atoms with E-state index < -0.39 is 0 Å². The van der Waals surface area contributed by atoms with Crippen LogP contribution in [0.25, 0.3) is 0 Å². The molecular formula is C22H30ClNO. The highest BCUT2D eigenvalue weighted by Crippen LogP contribution is 2.36. The largest absolute Gasteiger partial charge is 0.489 e. The fourth-order valence-electron chi connectivity index (χ4n) is 3.33. The minimum atomic E-state index is 0. The Bertz CT molecular complexity index is 657. The van der Waals surface area contributed by atoms with E-state index in [4.69, 9.17) is 4.74 Å². The van der Waals surface area contributed by atoms with Crippen LogP contribution in [0.4, 0.5) is 0 Å². The number of piperidine rings is 1. The standard InChI is InChI=1S/C22H29NO.ClH/c1-22(2,3)19-9-10-21(24-16-17-7-5-4-6-8-17)20(15-19)18-11-13-23-14-12-18;/h4-10,15,18,23H,11-14,16H2,1-3H3;1H. The van der Waals surface area contributed by atoms with Gasteiger partial charge in [-0.1, -0.05) is 63.2 Å². The predicted octanol–water partition coefficient (Wildman–Crippen LogP) is 5.45. The molecule has 2 aromatic rings. The van der Waals surface area contributed by atoms with Gasteiger partial charge in [0, 0.05) is 0 Å². The van der Waals surface area contributed by atoms with Crippen LogP contribution in [0, 0.1) is 0 Å². The summed E-state index contributed by atoms with van der Waals surface area (Å²) in [5, 5.41) is 3.47. The maximum absolute atomic E-state index is 6.22. The van der Waals surface area contributed by atoms with Gasteiger partial charge in [-0.15, -0.1) is 12.4 Å². The van der Waals surface area contributed by atoms with E-state index in [1.54, 1.807) is 0 Å². The number of nitrogens with one attached hydrogen (secondary N) is 1. The van der Waals surface area contributed by atoms with Gasteiger partial charge in [-0.3, -0.25) is 0 Å². The summed E-state index contributed by atoms with van der Waals surface area (Å²) in [5.74, 6) is 1.65. The van der Waals surface area contributed by atoms with Crippen LogP contribution in [-0.2, 0) is 12.0 Å². The molecule has 0 radical (unpaired) electrons. The summed E-state index contributed by atoms with van der Waals surface area (Å²) in [6.45, 7) is 9.66. The maximum atomic E-state index is 6.22. The van der Waals surface area contributed by atoms with Gasteiger partial charge in [-0.25, -0.2) is 0 Å². The average Bonchev–Trinajstić information content (AvgIpc) is 2.61. The van der Waals surface area contributed by atoms with Gasteiger partial charge in [-0.2, -0.15) is 0 Å². The van der Waals surface area contributed by atoms with E-state index in [0.717, 1.165) is 18.8 Å². The van der Waals surface area contributed by atoms with Crippen molar-refractivity contribution < 1.29 is 4.74 Å². The van der Waals surface area contributed by atoms with E-state index in [2.05, 4.69) is 68.6 Å². The zero-order valence-corrected chi connectivity index (χ0v) is 16.4. The highest BCUT2D eigenvalue weighted by molar-refractivity contribution is 5.85. The zero-order valence-electron chi connectivity index (χ0n) is 15.5. The van der Waals surface area contributed by atoms with Gasteiger partial charge in [0.1, 0.15) is 12.4 Å². The van der Waals surface area contributed by atoms with Gasteiger partial charge in [-0.05, 0) is 60.0 Å². The van der Waals surface area contributed by atoms with Crippen LogP contribution in [0.1, 0.15) is 56.2 Å². The van der Waals surface area contributed by atoms with Crippen molar-refractivity contribution in [2.24, 2.45) is 0 Å². The molecule has 1 heterocycles. The molecule has 3 rings (SSSR count). The number of hydrogen-bond acceptors (Lipinski definition) is 2. The van der Waals surface area contributed by atoms with Crippen molar-refractivity contribution in [2.75, 3.05) is 13.1 Å². The highest BCUT2D eigenvalue weighted by atomic mass is 35.5. The molecule has 0 aliphatic carbocycles. The summed E-state index contributed by atoms with van der Waals surface area (Å²) in [5.41, 5.74) is 4.16. The van der Waals surface area contributed by atoms with E-state index in [1.165, 1.54) is 29.5 Å². The lowest BCUT2D eigenvalue weighted by molar-refractivity contribution is 0.297. The highest BCUT2D eigenvalue weighted by Gasteiger charge is 2.22. The number of benzene rings is 2. The maximum Gasteiger partial charge on any atom is 0.123 e. The Labute approximate surface area is 158 Å².